The van der Waals surface area contributed by atoms with Gasteiger partial charge in [-0.1, -0.05) is 58.4 Å². The van der Waals surface area contributed by atoms with Gasteiger partial charge in [-0.3, -0.25) is 4.79 Å². The summed E-state index contributed by atoms with van der Waals surface area (Å²) in [6.07, 6.45) is 18.2. The number of carbonyl (C=O) groups is 1. The first-order chi connectivity index (χ1) is 14.2. The Hall–Kier alpha value is -0.850. The SMILES string of the molecule is C/C=C(\CC[C@@H](C)[C@H]1CC[C@H]2[C@@H]3CC(=O)[C@H]4CC=CC[C@]4(C)[C@H]3CC[C@]12C)C(C)C. The molecule has 0 aliphatic heterocycles. The van der Waals surface area contributed by atoms with Gasteiger partial charge in [0.05, 0.1) is 0 Å². The minimum Gasteiger partial charge on any atom is -0.299 e. The highest BCUT2D eigenvalue weighted by atomic mass is 16.1. The Morgan fingerprint density at radius 3 is 2.53 bits per heavy atom. The van der Waals surface area contributed by atoms with Crippen LogP contribution in [0.1, 0.15) is 99.3 Å². The van der Waals surface area contributed by atoms with Crippen LogP contribution >= 0.6 is 0 Å². The van der Waals surface area contributed by atoms with Gasteiger partial charge < -0.3 is 0 Å². The first-order valence-corrected chi connectivity index (χ1v) is 13.0. The highest BCUT2D eigenvalue weighted by Gasteiger charge is 2.61. The maximum atomic E-state index is 13.2. The molecule has 1 nitrogen and oxygen atoms in total. The van der Waals surface area contributed by atoms with Crippen molar-refractivity contribution in [2.75, 3.05) is 0 Å². The van der Waals surface area contributed by atoms with E-state index in [0.29, 0.717) is 29.0 Å². The van der Waals surface area contributed by atoms with Crippen molar-refractivity contribution in [1.82, 2.24) is 0 Å². The van der Waals surface area contributed by atoms with Gasteiger partial charge in [-0.25, -0.2) is 0 Å². The Morgan fingerprint density at radius 2 is 1.83 bits per heavy atom. The van der Waals surface area contributed by atoms with E-state index in [9.17, 15) is 4.79 Å². The lowest BCUT2D eigenvalue weighted by Crippen LogP contribution is -2.55. The second-order valence-corrected chi connectivity index (χ2v) is 12.3. The van der Waals surface area contributed by atoms with Crippen LogP contribution in [-0.4, -0.2) is 5.78 Å². The summed E-state index contributed by atoms with van der Waals surface area (Å²) in [5.74, 6) is 5.43. The Balaban J connectivity index is 1.51. The van der Waals surface area contributed by atoms with E-state index < -0.39 is 0 Å². The molecule has 0 aromatic heterocycles. The van der Waals surface area contributed by atoms with Crippen molar-refractivity contribution < 1.29 is 4.79 Å². The van der Waals surface area contributed by atoms with Crippen molar-refractivity contribution in [3.05, 3.63) is 23.8 Å². The van der Waals surface area contributed by atoms with Crippen LogP contribution in [0.15, 0.2) is 23.8 Å². The summed E-state index contributed by atoms with van der Waals surface area (Å²) >= 11 is 0. The van der Waals surface area contributed by atoms with Crippen LogP contribution in [0.4, 0.5) is 0 Å². The van der Waals surface area contributed by atoms with Gasteiger partial charge in [0.25, 0.3) is 0 Å². The van der Waals surface area contributed by atoms with E-state index in [1.54, 1.807) is 5.57 Å². The number of hydrogen-bond donors (Lipinski definition) is 0. The molecule has 0 radical (unpaired) electrons. The molecule has 168 valence electrons. The van der Waals surface area contributed by atoms with E-state index in [1.165, 1.54) is 38.5 Å². The zero-order chi connectivity index (χ0) is 21.7. The lowest BCUT2D eigenvalue weighted by Gasteiger charge is -2.59. The number of ketones is 1. The molecule has 30 heavy (non-hydrogen) atoms. The molecule has 3 fully saturated rings. The molecule has 0 bridgehead atoms. The Labute approximate surface area is 186 Å². The minimum atomic E-state index is 0.234. The van der Waals surface area contributed by atoms with Crippen molar-refractivity contribution in [3.8, 4) is 0 Å². The zero-order valence-corrected chi connectivity index (χ0v) is 20.5. The third kappa shape index (κ3) is 3.47. The third-order valence-corrected chi connectivity index (χ3v) is 10.8. The third-order valence-electron chi connectivity index (χ3n) is 10.8. The summed E-state index contributed by atoms with van der Waals surface area (Å²) in [5, 5.41) is 0. The molecule has 1 heteroatoms. The predicted octanol–water partition coefficient (Wildman–Crippen LogP) is 8.01. The molecule has 0 heterocycles. The topological polar surface area (TPSA) is 17.1 Å². The summed E-state index contributed by atoms with van der Waals surface area (Å²) in [6, 6.07) is 0. The average Bonchev–Trinajstić information content (AvgIpc) is 3.05. The van der Waals surface area contributed by atoms with Gasteiger partial charge in [-0.2, -0.15) is 0 Å². The van der Waals surface area contributed by atoms with E-state index in [1.807, 2.05) is 0 Å². The summed E-state index contributed by atoms with van der Waals surface area (Å²) < 4.78 is 0. The van der Waals surface area contributed by atoms with Gasteiger partial charge in [0.1, 0.15) is 5.78 Å². The van der Waals surface area contributed by atoms with Gasteiger partial charge in [0.15, 0.2) is 0 Å². The van der Waals surface area contributed by atoms with Gasteiger partial charge in [-0.05, 0) is 105 Å². The van der Waals surface area contributed by atoms with Crippen molar-refractivity contribution >= 4 is 5.78 Å². The molecule has 0 unspecified atom stereocenters. The molecular weight excluding hydrogens is 364 g/mol. The first-order valence-electron chi connectivity index (χ1n) is 13.0. The number of carbonyl (C=O) groups excluding carboxylic acids is 1. The number of allylic oxidation sites excluding steroid dienone is 4. The number of Topliss-reactive ketones (excluding diaryl/α,β-unsaturated/α-hetero) is 1. The molecule has 0 saturated heterocycles. The molecule has 0 aromatic carbocycles. The van der Waals surface area contributed by atoms with Crippen LogP contribution < -0.4 is 0 Å². The largest absolute Gasteiger partial charge is 0.299 e. The Bertz CT molecular complexity index is 714. The monoisotopic (exact) mass is 410 g/mol. The number of fused-ring (bicyclic) bond motifs is 5. The molecule has 4 rings (SSSR count). The molecule has 0 aromatic rings. The van der Waals surface area contributed by atoms with Crippen molar-refractivity contribution in [1.29, 1.82) is 0 Å². The second kappa shape index (κ2) is 8.25. The Kier molecular flexibility index (Phi) is 6.15. The van der Waals surface area contributed by atoms with Gasteiger partial charge in [0, 0.05) is 12.3 Å². The van der Waals surface area contributed by atoms with E-state index in [4.69, 9.17) is 0 Å². The van der Waals surface area contributed by atoms with E-state index in [2.05, 4.69) is 59.8 Å². The van der Waals surface area contributed by atoms with E-state index >= 15 is 0 Å². The number of hydrogen-bond acceptors (Lipinski definition) is 1. The highest BCUT2D eigenvalue weighted by molar-refractivity contribution is 5.83. The van der Waals surface area contributed by atoms with Gasteiger partial charge >= 0.3 is 0 Å². The molecule has 4 aliphatic rings. The standard InChI is InChI=1S/C29H46O/c1-7-21(19(2)3)12-11-20(4)23-13-14-24-22-18-27(30)26-10-8-9-16-28(26,5)25(22)15-17-29(23,24)6/h7-9,19-20,22-26H,10-18H2,1-6H3/b21-7+/t20-,22+,23-,24+,25+,26-,28-,29-/m1/s1. The molecular formula is C29H46O. The van der Waals surface area contributed by atoms with Crippen molar-refractivity contribution in [2.45, 2.75) is 99.3 Å². The quantitative estimate of drug-likeness (QED) is 0.419. The maximum Gasteiger partial charge on any atom is 0.137 e. The maximum absolute atomic E-state index is 13.2. The fourth-order valence-corrected chi connectivity index (χ4v) is 8.99. The zero-order valence-electron chi connectivity index (χ0n) is 20.5. The second-order valence-electron chi connectivity index (χ2n) is 12.3. The lowest BCUT2D eigenvalue weighted by atomic mass is 9.45. The summed E-state index contributed by atoms with van der Waals surface area (Å²) in [7, 11) is 0. The Morgan fingerprint density at radius 1 is 1.10 bits per heavy atom. The number of rotatable bonds is 5. The lowest BCUT2D eigenvalue weighted by molar-refractivity contribution is -0.149. The van der Waals surface area contributed by atoms with E-state index in [-0.39, 0.29) is 5.41 Å². The summed E-state index contributed by atoms with van der Waals surface area (Å²) in [6.45, 7) is 14.5. The van der Waals surface area contributed by atoms with Crippen LogP contribution in [0.3, 0.4) is 0 Å². The highest BCUT2D eigenvalue weighted by Crippen LogP contribution is 2.67. The van der Waals surface area contributed by atoms with Gasteiger partial charge in [-0.15, -0.1) is 0 Å². The fourth-order valence-electron chi connectivity index (χ4n) is 8.99. The van der Waals surface area contributed by atoms with E-state index in [0.717, 1.165) is 42.9 Å². The smallest absolute Gasteiger partial charge is 0.137 e. The molecule has 8 atom stereocenters. The summed E-state index contributed by atoms with van der Waals surface area (Å²) in [5.41, 5.74) is 2.33. The molecule has 3 saturated carbocycles. The molecule has 0 amide bonds. The van der Waals surface area contributed by atoms with Crippen molar-refractivity contribution in [2.24, 2.45) is 52.3 Å². The molecule has 0 spiro atoms. The van der Waals surface area contributed by atoms with Gasteiger partial charge in [0.2, 0.25) is 0 Å². The van der Waals surface area contributed by atoms with Crippen LogP contribution in [-0.2, 0) is 4.79 Å². The van der Waals surface area contributed by atoms with Crippen LogP contribution in [0.5, 0.6) is 0 Å². The normalized spacial score (nSPS) is 44.6. The fraction of sp³-hybridized carbons (Fsp3) is 0.828. The predicted molar refractivity (Wildman–Crippen MR) is 127 cm³/mol. The minimum absolute atomic E-state index is 0.234. The molecule has 4 aliphatic carbocycles. The van der Waals surface area contributed by atoms with Crippen LogP contribution in [0.25, 0.3) is 0 Å². The van der Waals surface area contributed by atoms with Crippen LogP contribution in [0.2, 0.25) is 0 Å². The van der Waals surface area contributed by atoms with Crippen LogP contribution in [0, 0.1) is 52.3 Å². The average molecular weight is 411 g/mol. The molecule has 0 N–H and O–H groups in total. The van der Waals surface area contributed by atoms with Crippen molar-refractivity contribution in [3.63, 3.8) is 0 Å². The summed E-state index contributed by atoms with van der Waals surface area (Å²) in [4.78, 5) is 13.2. The first kappa shape index (κ1) is 22.3.